The van der Waals surface area contributed by atoms with E-state index in [-0.39, 0.29) is 5.88 Å². The Morgan fingerprint density at radius 1 is 1.13 bits per heavy atom. The summed E-state index contributed by atoms with van der Waals surface area (Å²) in [4.78, 5) is 3.78. The van der Waals surface area contributed by atoms with Crippen LogP contribution in [0.1, 0.15) is 5.56 Å². The van der Waals surface area contributed by atoms with Crippen LogP contribution in [0.3, 0.4) is 0 Å². The number of benzene rings is 1. The first-order chi connectivity index (χ1) is 7.29. The van der Waals surface area contributed by atoms with Crippen molar-refractivity contribution < 1.29 is 5.11 Å². The molecule has 3 nitrogen and oxygen atoms in total. The van der Waals surface area contributed by atoms with Gasteiger partial charge in [0.15, 0.2) is 0 Å². The van der Waals surface area contributed by atoms with Crippen LogP contribution in [0.2, 0.25) is 0 Å². The number of hydrogen-bond donors (Lipinski definition) is 1. The zero-order valence-corrected chi connectivity index (χ0v) is 7.88. The number of nitrogens with zero attached hydrogens (tertiary/aromatic N) is 2. The zero-order valence-electron chi connectivity index (χ0n) is 7.88. The van der Waals surface area contributed by atoms with Crippen molar-refractivity contribution in [2.24, 2.45) is 0 Å². The molecule has 0 radical (unpaired) electrons. The molecule has 0 aliphatic rings. The fourth-order valence-electron chi connectivity index (χ4n) is 1.33. The molecule has 0 saturated heterocycles. The Bertz CT molecular complexity index is 512. The van der Waals surface area contributed by atoms with Crippen LogP contribution < -0.4 is 0 Å². The van der Waals surface area contributed by atoms with Gasteiger partial charge in [-0.2, -0.15) is 5.26 Å². The molecule has 1 aromatic heterocycles. The lowest BCUT2D eigenvalue weighted by Crippen LogP contribution is -1.81. The molecule has 0 spiro atoms. The summed E-state index contributed by atoms with van der Waals surface area (Å²) in [5.74, 6) is -0.00446. The smallest absolute Gasteiger partial charge is 0.210 e. The van der Waals surface area contributed by atoms with Crippen molar-refractivity contribution in [2.45, 2.75) is 0 Å². The maximum atomic E-state index is 9.04. The number of pyridine rings is 1. The van der Waals surface area contributed by atoms with E-state index >= 15 is 0 Å². The molecule has 72 valence electrons. The van der Waals surface area contributed by atoms with Crippen molar-refractivity contribution in [3.05, 3.63) is 48.2 Å². The highest BCUT2D eigenvalue weighted by Gasteiger charge is 1.99. The minimum absolute atomic E-state index is 0.00446. The number of rotatable bonds is 1. The predicted octanol–water partition coefficient (Wildman–Crippen LogP) is 2.33. The number of aromatic nitrogens is 1. The lowest BCUT2D eigenvalue weighted by molar-refractivity contribution is 0.453. The Morgan fingerprint density at radius 3 is 2.67 bits per heavy atom. The van der Waals surface area contributed by atoms with Gasteiger partial charge in [0.2, 0.25) is 5.88 Å². The Kier molecular flexibility index (Phi) is 2.34. The summed E-state index contributed by atoms with van der Waals surface area (Å²) in [5, 5.41) is 17.8. The Labute approximate surface area is 87.3 Å². The molecule has 0 saturated carbocycles. The van der Waals surface area contributed by atoms with Crippen LogP contribution >= 0.6 is 0 Å². The van der Waals surface area contributed by atoms with E-state index < -0.39 is 0 Å². The van der Waals surface area contributed by atoms with Crippen LogP contribution in [-0.4, -0.2) is 10.1 Å². The van der Waals surface area contributed by atoms with Crippen LogP contribution in [0.25, 0.3) is 11.1 Å². The minimum Gasteiger partial charge on any atom is -0.493 e. The fourth-order valence-corrected chi connectivity index (χ4v) is 1.33. The van der Waals surface area contributed by atoms with Crippen molar-refractivity contribution >= 4 is 0 Å². The predicted molar refractivity (Wildman–Crippen MR) is 56.1 cm³/mol. The fraction of sp³-hybridized carbons (Fsp3) is 0. The van der Waals surface area contributed by atoms with Gasteiger partial charge in [-0.1, -0.05) is 12.1 Å². The first-order valence-electron chi connectivity index (χ1n) is 4.45. The molecule has 2 aromatic rings. The van der Waals surface area contributed by atoms with Crippen molar-refractivity contribution in [3.63, 3.8) is 0 Å². The van der Waals surface area contributed by atoms with E-state index in [4.69, 9.17) is 10.4 Å². The van der Waals surface area contributed by atoms with Gasteiger partial charge >= 0.3 is 0 Å². The average molecular weight is 196 g/mol. The lowest BCUT2D eigenvalue weighted by atomic mass is 10.1. The molecule has 0 aliphatic carbocycles. The normalized spacial score (nSPS) is 9.53. The van der Waals surface area contributed by atoms with Crippen LogP contribution in [0, 0.1) is 11.3 Å². The van der Waals surface area contributed by atoms with Gasteiger partial charge in [-0.3, -0.25) is 0 Å². The van der Waals surface area contributed by atoms with Crippen molar-refractivity contribution in [1.82, 2.24) is 4.98 Å². The molecule has 15 heavy (non-hydrogen) atoms. The molecule has 0 atom stereocenters. The molecule has 0 amide bonds. The lowest BCUT2D eigenvalue weighted by Gasteiger charge is -2.00. The molecule has 0 unspecified atom stereocenters. The van der Waals surface area contributed by atoms with E-state index in [0.29, 0.717) is 5.56 Å². The average Bonchev–Trinajstić information content (AvgIpc) is 2.30. The summed E-state index contributed by atoms with van der Waals surface area (Å²) >= 11 is 0. The largest absolute Gasteiger partial charge is 0.493 e. The molecular weight excluding hydrogens is 188 g/mol. The highest BCUT2D eigenvalue weighted by Crippen LogP contribution is 2.20. The number of hydrogen-bond acceptors (Lipinski definition) is 3. The Balaban J connectivity index is 2.46. The van der Waals surface area contributed by atoms with Crippen molar-refractivity contribution in [3.8, 4) is 23.1 Å². The molecule has 0 aliphatic heterocycles. The first-order valence-corrected chi connectivity index (χ1v) is 4.45. The quantitative estimate of drug-likeness (QED) is 0.761. The Morgan fingerprint density at radius 2 is 2.00 bits per heavy atom. The SMILES string of the molecule is N#Cc1cccc(-c2ccc(O)nc2)c1. The van der Waals surface area contributed by atoms with E-state index in [1.807, 2.05) is 12.1 Å². The summed E-state index contributed by atoms with van der Waals surface area (Å²) in [7, 11) is 0. The summed E-state index contributed by atoms with van der Waals surface area (Å²) in [6.45, 7) is 0. The third kappa shape index (κ3) is 1.94. The summed E-state index contributed by atoms with van der Waals surface area (Å²) < 4.78 is 0. The standard InChI is InChI=1S/C12H8N2O/c13-7-9-2-1-3-10(6-9)11-4-5-12(15)14-8-11/h1-6,8H,(H,14,15). The Hall–Kier alpha value is -2.34. The van der Waals surface area contributed by atoms with Gasteiger partial charge in [0, 0.05) is 17.8 Å². The maximum absolute atomic E-state index is 9.04. The van der Waals surface area contributed by atoms with E-state index in [1.165, 1.54) is 6.07 Å². The molecule has 3 heteroatoms. The van der Waals surface area contributed by atoms with E-state index in [9.17, 15) is 0 Å². The number of nitriles is 1. The summed E-state index contributed by atoms with van der Waals surface area (Å²) in [6.07, 6.45) is 1.58. The van der Waals surface area contributed by atoms with Gasteiger partial charge in [-0.25, -0.2) is 4.98 Å². The molecular formula is C12H8N2O. The van der Waals surface area contributed by atoms with Gasteiger partial charge in [-0.05, 0) is 23.8 Å². The van der Waals surface area contributed by atoms with Gasteiger partial charge in [-0.15, -0.1) is 0 Å². The highest BCUT2D eigenvalue weighted by atomic mass is 16.3. The highest BCUT2D eigenvalue weighted by molar-refractivity contribution is 5.64. The molecule has 1 heterocycles. The van der Waals surface area contributed by atoms with Crippen molar-refractivity contribution in [1.29, 1.82) is 5.26 Å². The van der Waals surface area contributed by atoms with Gasteiger partial charge in [0.1, 0.15) is 0 Å². The molecule has 2 rings (SSSR count). The van der Waals surface area contributed by atoms with Gasteiger partial charge in [0.25, 0.3) is 0 Å². The summed E-state index contributed by atoms with van der Waals surface area (Å²) in [5.41, 5.74) is 2.41. The van der Waals surface area contributed by atoms with E-state index in [1.54, 1.807) is 24.4 Å². The molecule has 0 fully saturated rings. The molecule has 1 N–H and O–H groups in total. The molecule has 0 bridgehead atoms. The molecule has 1 aromatic carbocycles. The third-order valence-corrected chi connectivity index (χ3v) is 2.07. The monoisotopic (exact) mass is 196 g/mol. The van der Waals surface area contributed by atoms with Crippen LogP contribution in [0.15, 0.2) is 42.6 Å². The maximum Gasteiger partial charge on any atom is 0.210 e. The second-order valence-corrected chi connectivity index (χ2v) is 3.10. The third-order valence-electron chi connectivity index (χ3n) is 2.07. The van der Waals surface area contributed by atoms with E-state index in [2.05, 4.69) is 11.1 Å². The zero-order chi connectivity index (χ0) is 10.7. The van der Waals surface area contributed by atoms with Gasteiger partial charge < -0.3 is 5.11 Å². The van der Waals surface area contributed by atoms with Crippen LogP contribution in [0.5, 0.6) is 5.88 Å². The van der Waals surface area contributed by atoms with Crippen LogP contribution in [-0.2, 0) is 0 Å². The second-order valence-electron chi connectivity index (χ2n) is 3.10. The van der Waals surface area contributed by atoms with Crippen molar-refractivity contribution in [2.75, 3.05) is 0 Å². The summed E-state index contributed by atoms with van der Waals surface area (Å²) in [6, 6.07) is 12.6. The van der Waals surface area contributed by atoms with Crippen LogP contribution in [0.4, 0.5) is 0 Å². The topological polar surface area (TPSA) is 56.9 Å². The van der Waals surface area contributed by atoms with E-state index in [0.717, 1.165) is 11.1 Å². The minimum atomic E-state index is -0.00446. The van der Waals surface area contributed by atoms with Gasteiger partial charge in [0.05, 0.1) is 11.6 Å². The second kappa shape index (κ2) is 3.81. The number of aromatic hydroxyl groups is 1. The first kappa shape index (κ1) is 9.22.